The molecule has 0 unspecified atom stereocenters. The molecule has 2 N–H and O–H groups in total. The van der Waals surface area contributed by atoms with E-state index in [-0.39, 0.29) is 11.4 Å². The van der Waals surface area contributed by atoms with Gasteiger partial charge in [0.05, 0.1) is 23.1 Å². The summed E-state index contributed by atoms with van der Waals surface area (Å²) < 4.78 is 17.1. The van der Waals surface area contributed by atoms with E-state index >= 15 is 0 Å². The van der Waals surface area contributed by atoms with Crippen LogP contribution < -0.4 is 10.6 Å². The number of ketones is 1. The number of nitrogen functional groups attached to an aromatic ring is 1. The number of amides is 1. The summed E-state index contributed by atoms with van der Waals surface area (Å²) in [6.45, 7) is 4.55. The number of nitrogens with zero attached hydrogens (tertiary/aromatic N) is 3. The monoisotopic (exact) mass is 506 g/mol. The van der Waals surface area contributed by atoms with Crippen molar-refractivity contribution in [2.75, 3.05) is 10.6 Å². The number of carbonyl (C=O) groups excluding carboxylic acids is 2. The van der Waals surface area contributed by atoms with Crippen molar-refractivity contribution in [1.29, 1.82) is 0 Å². The van der Waals surface area contributed by atoms with Crippen molar-refractivity contribution in [3.05, 3.63) is 96.1 Å². The highest BCUT2D eigenvalue weighted by Gasteiger charge is 2.55. The summed E-state index contributed by atoms with van der Waals surface area (Å²) in [6.07, 6.45) is 3.78. The van der Waals surface area contributed by atoms with Gasteiger partial charge >= 0.3 is 0 Å². The first-order valence-electron chi connectivity index (χ1n) is 12.8. The van der Waals surface area contributed by atoms with Gasteiger partial charge in [-0.3, -0.25) is 19.5 Å². The Morgan fingerprint density at radius 3 is 2.50 bits per heavy atom. The summed E-state index contributed by atoms with van der Waals surface area (Å²) in [7, 11) is 0. The number of benzene rings is 3. The number of aryl methyl sites for hydroxylation is 1. The Balaban J connectivity index is 1.53. The number of fused-ring (bicyclic) bond motifs is 4. The topological polar surface area (TPSA) is 81.2 Å². The van der Waals surface area contributed by atoms with E-state index in [1.54, 1.807) is 49.5 Å². The molecule has 3 heterocycles. The van der Waals surface area contributed by atoms with Crippen molar-refractivity contribution < 1.29 is 14.0 Å². The fourth-order valence-corrected chi connectivity index (χ4v) is 5.69. The number of halogens is 1. The average molecular weight is 507 g/mol. The molecule has 5 aromatic rings. The molecule has 2 aromatic heterocycles. The van der Waals surface area contributed by atoms with Gasteiger partial charge in [-0.05, 0) is 49.7 Å². The maximum atomic E-state index is 14.9. The van der Waals surface area contributed by atoms with E-state index in [1.165, 1.54) is 17.0 Å². The lowest BCUT2D eigenvalue weighted by atomic mass is 9.77. The molecule has 0 saturated heterocycles. The van der Waals surface area contributed by atoms with E-state index in [0.29, 0.717) is 16.9 Å². The van der Waals surface area contributed by atoms with Crippen molar-refractivity contribution in [2.45, 2.75) is 38.6 Å². The van der Waals surface area contributed by atoms with Crippen LogP contribution in [0.15, 0.2) is 79.0 Å². The van der Waals surface area contributed by atoms with Crippen molar-refractivity contribution in [1.82, 2.24) is 9.55 Å². The van der Waals surface area contributed by atoms with Gasteiger partial charge in [-0.1, -0.05) is 49.7 Å². The third-order valence-electron chi connectivity index (χ3n) is 7.62. The van der Waals surface area contributed by atoms with Gasteiger partial charge in [0.1, 0.15) is 16.9 Å². The Hall–Kier alpha value is -4.52. The summed E-state index contributed by atoms with van der Waals surface area (Å²) in [5.41, 5.74) is 8.00. The van der Waals surface area contributed by atoms with Gasteiger partial charge in [-0.25, -0.2) is 4.39 Å². The summed E-state index contributed by atoms with van der Waals surface area (Å²) in [5, 5.41) is 1.92. The smallest absolute Gasteiger partial charge is 0.250 e. The van der Waals surface area contributed by atoms with Gasteiger partial charge in [0.15, 0.2) is 0 Å². The molecule has 0 radical (unpaired) electrons. The molecule has 0 saturated carbocycles. The van der Waals surface area contributed by atoms with Gasteiger partial charge in [0, 0.05) is 34.1 Å². The molecule has 38 heavy (non-hydrogen) atoms. The van der Waals surface area contributed by atoms with E-state index in [1.807, 2.05) is 18.2 Å². The highest BCUT2D eigenvalue weighted by molar-refractivity contribution is 6.29. The Labute approximate surface area is 219 Å². The summed E-state index contributed by atoms with van der Waals surface area (Å²) in [6, 6.07) is 20.9. The second kappa shape index (κ2) is 8.80. The lowest BCUT2D eigenvalue weighted by Gasteiger charge is -2.23. The van der Waals surface area contributed by atoms with Crippen LogP contribution >= 0.6 is 0 Å². The van der Waals surface area contributed by atoms with Crippen LogP contribution in [0.25, 0.3) is 21.8 Å². The number of rotatable bonds is 6. The SMILES string of the molecule is CCCCn1c2ccccc2c2cc(C(=O)[C@@]3(C)C(=O)N(c4ccccc4F)c4cccc(N)c43)ncc21. The summed E-state index contributed by atoms with van der Waals surface area (Å²) >= 11 is 0. The molecule has 1 aliphatic rings. The van der Waals surface area contributed by atoms with Gasteiger partial charge in [-0.2, -0.15) is 0 Å². The quantitative estimate of drug-likeness (QED) is 0.161. The number of Topliss-reactive ketones (excluding diaryl/α,β-unsaturated/α-hetero) is 1. The van der Waals surface area contributed by atoms with E-state index in [9.17, 15) is 14.0 Å². The van der Waals surface area contributed by atoms with Crippen LogP contribution in [0.3, 0.4) is 0 Å². The molecular formula is C31H27FN4O2. The van der Waals surface area contributed by atoms with Crippen LogP contribution in [0.5, 0.6) is 0 Å². The van der Waals surface area contributed by atoms with E-state index in [0.717, 1.165) is 41.2 Å². The van der Waals surface area contributed by atoms with Crippen molar-refractivity contribution in [3.8, 4) is 0 Å². The van der Waals surface area contributed by atoms with Crippen LogP contribution in [0.1, 0.15) is 42.7 Å². The number of unbranched alkanes of at least 4 members (excludes halogenated alkanes) is 1. The Morgan fingerprint density at radius 2 is 1.71 bits per heavy atom. The maximum absolute atomic E-state index is 14.9. The third-order valence-corrected chi connectivity index (χ3v) is 7.62. The lowest BCUT2D eigenvalue weighted by Crippen LogP contribution is -2.43. The van der Waals surface area contributed by atoms with Gasteiger partial charge in [0.2, 0.25) is 11.7 Å². The van der Waals surface area contributed by atoms with Crippen LogP contribution in [0.4, 0.5) is 21.5 Å². The molecule has 0 bridgehead atoms. The average Bonchev–Trinajstić information content (AvgIpc) is 3.37. The molecule has 1 amide bonds. The number of para-hydroxylation sites is 2. The largest absolute Gasteiger partial charge is 0.398 e. The number of anilines is 3. The van der Waals surface area contributed by atoms with Crippen molar-refractivity contribution in [2.24, 2.45) is 0 Å². The lowest BCUT2D eigenvalue weighted by molar-refractivity contribution is -0.120. The first-order chi connectivity index (χ1) is 18.4. The minimum atomic E-state index is -1.68. The Kier molecular flexibility index (Phi) is 5.52. The van der Waals surface area contributed by atoms with Gasteiger partial charge < -0.3 is 10.3 Å². The molecule has 6 rings (SSSR count). The summed E-state index contributed by atoms with van der Waals surface area (Å²) in [5.74, 6) is -1.61. The normalized spacial score (nSPS) is 16.9. The van der Waals surface area contributed by atoms with Crippen LogP contribution in [-0.2, 0) is 16.8 Å². The molecule has 6 nitrogen and oxygen atoms in total. The van der Waals surface area contributed by atoms with Gasteiger partial charge in [-0.15, -0.1) is 0 Å². The Bertz CT molecular complexity index is 1760. The van der Waals surface area contributed by atoms with Gasteiger partial charge in [0.25, 0.3) is 0 Å². The third kappa shape index (κ3) is 3.28. The molecule has 1 aliphatic heterocycles. The zero-order chi connectivity index (χ0) is 26.6. The minimum absolute atomic E-state index is 0.0725. The molecule has 3 aromatic carbocycles. The maximum Gasteiger partial charge on any atom is 0.250 e. The first-order valence-corrected chi connectivity index (χ1v) is 12.8. The van der Waals surface area contributed by atoms with E-state index in [2.05, 4.69) is 22.5 Å². The predicted molar refractivity (Wildman–Crippen MR) is 148 cm³/mol. The number of carbonyl (C=O) groups is 2. The second-order valence-corrected chi connectivity index (χ2v) is 9.90. The fraction of sp³-hybridized carbons (Fsp3) is 0.194. The van der Waals surface area contributed by atoms with Crippen LogP contribution in [0.2, 0.25) is 0 Å². The molecule has 0 spiro atoms. The van der Waals surface area contributed by atoms with Crippen LogP contribution in [0, 0.1) is 5.82 Å². The molecule has 7 heteroatoms. The highest BCUT2D eigenvalue weighted by Crippen LogP contribution is 2.50. The standard InChI is InChI=1S/C31H27FN4O2/c1-3-4-16-35-24-13-7-5-10-19(24)20-17-23(34-18-27(20)35)29(37)31(2)28-22(33)12-9-15-26(28)36(30(31)38)25-14-8-6-11-21(25)32/h5-15,17-18H,3-4,16,33H2,1-2H3/t31-/m0/s1. The molecular weight excluding hydrogens is 479 g/mol. The minimum Gasteiger partial charge on any atom is -0.398 e. The molecule has 1 atom stereocenters. The number of nitrogens with two attached hydrogens (primary N) is 1. The molecule has 0 aliphatic carbocycles. The first kappa shape index (κ1) is 23.9. The number of pyridine rings is 1. The Morgan fingerprint density at radius 1 is 0.974 bits per heavy atom. The second-order valence-electron chi connectivity index (χ2n) is 9.90. The zero-order valence-electron chi connectivity index (χ0n) is 21.2. The number of hydrogen-bond acceptors (Lipinski definition) is 4. The number of aromatic nitrogens is 2. The molecule has 0 fully saturated rings. The van der Waals surface area contributed by atoms with Crippen LogP contribution in [-0.4, -0.2) is 21.2 Å². The fourth-order valence-electron chi connectivity index (χ4n) is 5.69. The summed E-state index contributed by atoms with van der Waals surface area (Å²) in [4.78, 5) is 34.1. The van der Waals surface area contributed by atoms with Crippen molar-refractivity contribution in [3.63, 3.8) is 0 Å². The zero-order valence-corrected chi connectivity index (χ0v) is 21.2. The van der Waals surface area contributed by atoms with Crippen molar-refractivity contribution >= 4 is 50.6 Å². The number of hydrogen-bond donors (Lipinski definition) is 1. The van der Waals surface area contributed by atoms with E-state index in [4.69, 9.17) is 5.73 Å². The highest BCUT2D eigenvalue weighted by atomic mass is 19.1. The van der Waals surface area contributed by atoms with E-state index < -0.39 is 22.9 Å². The predicted octanol–water partition coefficient (Wildman–Crippen LogP) is 6.53. The molecule has 190 valence electrons.